The summed E-state index contributed by atoms with van der Waals surface area (Å²) in [4.78, 5) is 30.2. The zero-order chi connectivity index (χ0) is 17.1. The van der Waals surface area contributed by atoms with Gasteiger partial charge in [-0.3, -0.25) is 4.79 Å². The average molecular weight is 343 g/mol. The lowest BCUT2D eigenvalue weighted by atomic mass is 10.1. The van der Waals surface area contributed by atoms with Gasteiger partial charge in [-0.15, -0.1) is 11.6 Å². The number of benzene rings is 2. The van der Waals surface area contributed by atoms with Crippen LogP contribution in [-0.4, -0.2) is 23.5 Å². The Morgan fingerprint density at radius 1 is 1.17 bits per heavy atom. The van der Waals surface area contributed by atoms with Gasteiger partial charge < -0.3 is 9.74 Å². The van der Waals surface area contributed by atoms with Gasteiger partial charge in [0.2, 0.25) is 0 Å². The number of halogens is 1. The highest BCUT2D eigenvalue weighted by molar-refractivity contribution is 6.54. The fraction of sp³-hybridized carbons (Fsp3) is 0.167. The highest BCUT2D eigenvalue weighted by Crippen LogP contribution is 2.30. The number of aryl methyl sites for hydroxylation is 1. The molecule has 0 unspecified atom stereocenters. The Morgan fingerprint density at radius 3 is 2.58 bits per heavy atom. The first kappa shape index (κ1) is 16.2. The van der Waals surface area contributed by atoms with Crippen LogP contribution in [0.4, 0.5) is 5.69 Å². The van der Waals surface area contributed by atoms with Gasteiger partial charge >= 0.3 is 5.97 Å². The first-order valence-corrected chi connectivity index (χ1v) is 7.94. The van der Waals surface area contributed by atoms with Crippen molar-refractivity contribution in [2.24, 2.45) is 5.16 Å². The van der Waals surface area contributed by atoms with E-state index in [1.807, 2.05) is 43.3 Å². The predicted molar refractivity (Wildman–Crippen MR) is 92.2 cm³/mol. The lowest BCUT2D eigenvalue weighted by molar-refractivity contribution is -0.140. The molecular weight excluding hydrogens is 328 g/mol. The third-order valence-electron chi connectivity index (χ3n) is 3.71. The minimum atomic E-state index is -0.702. The monoisotopic (exact) mass is 342 g/mol. The molecule has 24 heavy (non-hydrogen) atoms. The van der Waals surface area contributed by atoms with Gasteiger partial charge in [0.15, 0.2) is 5.71 Å². The third kappa shape index (κ3) is 3.16. The second kappa shape index (κ2) is 6.84. The Balaban J connectivity index is 1.92. The third-order valence-corrected chi connectivity index (χ3v) is 3.93. The van der Waals surface area contributed by atoms with Crippen LogP contribution in [0.25, 0.3) is 0 Å². The molecule has 2 aromatic carbocycles. The summed E-state index contributed by atoms with van der Waals surface area (Å²) in [5.41, 5.74) is 3.64. The Morgan fingerprint density at radius 2 is 1.88 bits per heavy atom. The highest BCUT2D eigenvalue weighted by atomic mass is 35.5. The Labute approximate surface area is 144 Å². The molecule has 3 rings (SSSR count). The molecule has 1 amide bonds. The van der Waals surface area contributed by atoms with Crippen molar-refractivity contribution in [3.8, 4) is 0 Å². The van der Waals surface area contributed by atoms with Crippen molar-refractivity contribution in [1.82, 2.24) is 0 Å². The number of oxime groups is 1. The molecule has 0 aromatic heterocycles. The van der Waals surface area contributed by atoms with Crippen molar-refractivity contribution in [3.05, 3.63) is 65.2 Å². The van der Waals surface area contributed by atoms with Crippen LogP contribution >= 0.6 is 11.6 Å². The summed E-state index contributed by atoms with van der Waals surface area (Å²) >= 11 is 5.38. The van der Waals surface area contributed by atoms with E-state index in [9.17, 15) is 9.59 Å². The number of nitrogens with zero attached hydrogens (tertiary/aromatic N) is 2. The number of carbonyl (C=O) groups excluding carboxylic acids is 2. The van der Waals surface area contributed by atoms with E-state index in [1.54, 1.807) is 17.0 Å². The number of hydrogen-bond acceptors (Lipinski definition) is 4. The molecule has 1 aliphatic rings. The quantitative estimate of drug-likeness (QED) is 0.487. The second-order valence-electron chi connectivity index (χ2n) is 5.43. The van der Waals surface area contributed by atoms with Gasteiger partial charge in [0.1, 0.15) is 5.88 Å². The SMILES string of the molecule is Cc1ccc(CN2C(=O)/C(=N/OC(=O)CCl)c3ccccc32)cc1. The summed E-state index contributed by atoms with van der Waals surface area (Å²) in [5, 5.41) is 3.71. The van der Waals surface area contributed by atoms with Crippen molar-refractivity contribution in [3.63, 3.8) is 0 Å². The van der Waals surface area contributed by atoms with Gasteiger partial charge in [0.25, 0.3) is 5.91 Å². The molecule has 0 N–H and O–H groups in total. The number of alkyl halides is 1. The summed E-state index contributed by atoms with van der Waals surface area (Å²) in [6.45, 7) is 2.43. The normalized spacial score (nSPS) is 14.8. The molecule has 0 saturated carbocycles. The van der Waals surface area contributed by atoms with Gasteiger partial charge in [-0.2, -0.15) is 0 Å². The number of anilines is 1. The molecule has 0 fully saturated rings. The van der Waals surface area contributed by atoms with Gasteiger partial charge in [-0.05, 0) is 18.6 Å². The lowest BCUT2D eigenvalue weighted by Gasteiger charge is -2.16. The van der Waals surface area contributed by atoms with Crippen LogP contribution in [0.15, 0.2) is 53.7 Å². The molecule has 6 heteroatoms. The van der Waals surface area contributed by atoms with E-state index in [2.05, 4.69) is 9.99 Å². The highest BCUT2D eigenvalue weighted by Gasteiger charge is 2.34. The van der Waals surface area contributed by atoms with Crippen molar-refractivity contribution in [2.45, 2.75) is 13.5 Å². The number of para-hydroxylation sites is 1. The Kier molecular flexibility index (Phi) is 4.62. The molecule has 5 nitrogen and oxygen atoms in total. The topological polar surface area (TPSA) is 59.0 Å². The van der Waals surface area contributed by atoms with Crippen LogP contribution in [0.5, 0.6) is 0 Å². The van der Waals surface area contributed by atoms with E-state index >= 15 is 0 Å². The van der Waals surface area contributed by atoms with Gasteiger partial charge in [-0.25, -0.2) is 4.79 Å². The summed E-state index contributed by atoms with van der Waals surface area (Å²) < 4.78 is 0. The summed E-state index contributed by atoms with van der Waals surface area (Å²) in [5.74, 6) is -1.33. The number of amides is 1. The number of fused-ring (bicyclic) bond motifs is 1. The standard InChI is InChI=1S/C18H15ClN2O3/c1-12-6-8-13(9-7-12)11-21-15-5-3-2-4-14(15)17(18(21)23)20-24-16(22)10-19/h2-9H,10-11H2,1H3/b20-17+. The molecule has 0 radical (unpaired) electrons. The average Bonchev–Trinajstić information content (AvgIpc) is 2.86. The van der Waals surface area contributed by atoms with E-state index in [-0.39, 0.29) is 17.5 Å². The number of hydrogen-bond donors (Lipinski definition) is 0. The van der Waals surface area contributed by atoms with E-state index in [0.29, 0.717) is 12.1 Å². The van der Waals surface area contributed by atoms with Crippen LogP contribution in [0.3, 0.4) is 0 Å². The first-order chi connectivity index (χ1) is 11.6. The number of carbonyl (C=O) groups is 2. The Hall–Kier alpha value is -2.66. The predicted octanol–water partition coefficient (Wildman–Crippen LogP) is 3.03. The molecule has 1 aliphatic heterocycles. The van der Waals surface area contributed by atoms with Gasteiger partial charge in [-0.1, -0.05) is 53.2 Å². The molecule has 0 saturated heterocycles. The molecule has 0 bridgehead atoms. The molecule has 0 aliphatic carbocycles. The first-order valence-electron chi connectivity index (χ1n) is 7.41. The van der Waals surface area contributed by atoms with Crippen molar-refractivity contribution in [2.75, 3.05) is 10.8 Å². The zero-order valence-corrected chi connectivity index (χ0v) is 13.8. The minimum absolute atomic E-state index is 0.108. The van der Waals surface area contributed by atoms with Crippen LogP contribution in [0, 0.1) is 6.92 Å². The van der Waals surface area contributed by atoms with E-state index in [1.165, 1.54) is 0 Å². The molecule has 1 heterocycles. The Bertz CT molecular complexity index is 815. The largest absolute Gasteiger partial charge is 0.349 e. The second-order valence-corrected chi connectivity index (χ2v) is 5.70. The van der Waals surface area contributed by atoms with Crippen molar-refractivity contribution >= 4 is 34.9 Å². The van der Waals surface area contributed by atoms with Gasteiger partial charge in [0.05, 0.1) is 12.2 Å². The van der Waals surface area contributed by atoms with Crippen molar-refractivity contribution < 1.29 is 14.4 Å². The van der Waals surface area contributed by atoms with E-state index in [0.717, 1.165) is 16.8 Å². The molecule has 0 atom stereocenters. The summed E-state index contributed by atoms with van der Waals surface area (Å²) in [6.07, 6.45) is 0. The maximum Gasteiger partial charge on any atom is 0.349 e. The fourth-order valence-corrected chi connectivity index (χ4v) is 2.55. The molecule has 0 spiro atoms. The van der Waals surface area contributed by atoms with Crippen molar-refractivity contribution in [1.29, 1.82) is 0 Å². The van der Waals surface area contributed by atoms with E-state index < -0.39 is 5.97 Å². The summed E-state index contributed by atoms with van der Waals surface area (Å²) in [7, 11) is 0. The van der Waals surface area contributed by atoms with Crippen LogP contribution in [0.2, 0.25) is 0 Å². The maximum absolute atomic E-state index is 12.7. The van der Waals surface area contributed by atoms with E-state index in [4.69, 9.17) is 11.6 Å². The lowest BCUT2D eigenvalue weighted by Crippen LogP contribution is -2.29. The fourth-order valence-electron chi connectivity index (χ4n) is 2.50. The van der Waals surface area contributed by atoms with Crippen LogP contribution < -0.4 is 4.90 Å². The molecule has 2 aromatic rings. The minimum Gasteiger partial charge on any atom is -0.316 e. The summed E-state index contributed by atoms with van der Waals surface area (Å²) in [6, 6.07) is 15.2. The molecular formula is C18H15ClN2O3. The van der Waals surface area contributed by atoms with Crippen LogP contribution in [-0.2, 0) is 21.0 Å². The maximum atomic E-state index is 12.7. The van der Waals surface area contributed by atoms with Gasteiger partial charge in [0, 0.05) is 5.56 Å². The van der Waals surface area contributed by atoms with Crippen LogP contribution in [0.1, 0.15) is 16.7 Å². The smallest absolute Gasteiger partial charge is 0.316 e. The number of rotatable bonds is 4. The molecule has 122 valence electrons. The zero-order valence-electron chi connectivity index (χ0n) is 13.0.